The lowest BCUT2D eigenvalue weighted by Crippen LogP contribution is -2.26. The van der Waals surface area contributed by atoms with Crippen molar-refractivity contribution < 1.29 is 14.3 Å². The highest BCUT2D eigenvalue weighted by molar-refractivity contribution is 6.07. The highest BCUT2D eigenvalue weighted by Crippen LogP contribution is 2.34. The second-order valence-electron chi connectivity index (χ2n) is 5.83. The van der Waals surface area contributed by atoms with Gasteiger partial charge >= 0.3 is 0 Å². The van der Waals surface area contributed by atoms with Gasteiger partial charge in [0.05, 0.1) is 6.04 Å². The van der Waals surface area contributed by atoms with Gasteiger partial charge in [-0.2, -0.15) is 0 Å². The Kier molecular flexibility index (Phi) is 3.58. The van der Waals surface area contributed by atoms with Gasteiger partial charge in [-0.3, -0.25) is 4.79 Å². The molecule has 3 aromatic rings. The molecule has 120 valence electrons. The van der Waals surface area contributed by atoms with Gasteiger partial charge in [-0.1, -0.05) is 42.5 Å². The quantitative estimate of drug-likeness (QED) is 0.792. The molecule has 0 spiro atoms. The lowest BCUT2D eigenvalue weighted by atomic mass is 10.0. The van der Waals surface area contributed by atoms with E-state index in [0.29, 0.717) is 5.56 Å². The number of carbonyl (C=O) groups is 1. The SMILES string of the molecule is CC(NC(=O)c1cccc2ccccc12)c1ccc2c(c1)OCO2. The maximum atomic E-state index is 12.7. The highest BCUT2D eigenvalue weighted by Gasteiger charge is 2.18. The number of nitrogens with one attached hydrogen (secondary N) is 1. The Hall–Kier alpha value is -3.01. The third-order valence-electron chi connectivity index (χ3n) is 4.28. The Morgan fingerprint density at radius 2 is 1.79 bits per heavy atom. The van der Waals surface area contributed by atoms with E-state index in [1.807, 2.05) is 67.6 Å². The normalized spacial score (nSPS) is 13.7. The molecular formula is C20H17NO3. The fourth-order valence-electron chi connectivity index (χ4n) is 2.96. The first kappa shape index (κ1) is 14.6. The number of amides is 1. The van der Waals surface area contributed by atoms with Gasteiger partial charge in [-0.05, 0) is 41.5 Å². The fraction of sp³-hybridized carbons (Fsp3) is 0.150. The van der Waals surface area contributed by atoms with Crippen LogP contribution >= 0.6 is 0 Å². The molecule has 1 unspecified atom stereocenters. The monoisotopic (exact) mass is 319 g/mol. The van der Waals surface area contributed by atoms with E-state index >= 15 is 0 Å². The van der Waals surface area contributed by atoms with Crippen molar-refractivity contribution in [1.82, 2.24) is 5.32 Å². The van der Waals surface area contributed by atoms with Crippen LogP contribution in [0.4, 0.5) is 0 Å². The van der Waals surface area contributed by atoms with Gasteiger partial charge in [0.15, 0.2) is 11.5 Å². The lowest BCUT2D eigenvalue weighted by molar-refractivity contribution is 0.0941. The number of ether oxygens (including phenoxy) is 2. The van der Waals surface area contributed by atoms with Crippen LogP contribution in [0, 0.1) is 0 Å². The number of hydrogen-bond acceptors (Lipinski definition) is 3. The van der Waals surface area contributed by atoms with Crippen molar-refractivity contribution in [1.29, 1.82) is 0 Å². The molecule has 1 aliphatic rings. The van der Waals surface area contributed by atoms with Crippen molar-refractivity contribution in [2.45, 2.75) is 13.0 Å². The van der Waals surface area contributed by atoms with E-state index in [1.54, 1.807) is 0 Å². The van der Waals surface area contributed by atoms with E-state index in [4.69, 9.17) is 9.47 Å². The van der Waals surface area contributed by atoms with Gasteiger partial charge in [-0.25, -0.2) is 0 Å². The third kappa shape index (κ3) is 2.56. The average Bonchev–Trinajstić information content (AvgIpc) is 3.08. The Morgan fingerprint density at radius 1 is 1.00 bits per heavy atom. The molecule has 1 atom stereocenters. The van der Waals surface area contributed by atoms with Gasteiger partial charge in [-0.15, -0.1) is 0 Å². The predicted molar refractivity (Wildman–Crippen MR) is 92.4 cm³/mol. The van der Waals surface area contributed by atoms with Crippen molar-refractivity contribution in [2.75, 3.05) is 6.79 Å². The summed E-state index contributed by atoms with van der Waals surface area (Å²) in [5.74, 6) is 1.38. The van der Waals surface area contributed by atoms with Crippen LogP contribution in [0.1, 0.15) is 28.9 Å². The summed E-state index contributed by atoms with van der Waals surface area (Å²) in [4.78, 5) is 12.7. The molecule has 0 saturated carbocycles. The Morgan fingerprint density at radius 3 is 2.71 bits per heavy atom. The van der Waals surface area contributed by atoms with E-state index in [-0.39, 0.29) is 18.7 Å². The summed E-state index contributed by atoms with van der Waals surface area (Å²) in [6.07, 6.45) is 0. The number of rotatable bonds is 3. The first-order valence-electron chi connectivity index (χ1n) is 7.90. The summed E-state index contributed by atoms with van der Waals surface area (Å²) in [7, 11) is 0. The first-order chi connectivity index (χ1) is 11.7. The maximum absolute atomic E-state index is 12.7. The van der Waals surface area contributed by atoms with E-state index < -0.39 is 0 Å². The van der Waals surface area contributed by atoms with Crippen LogP contribution in [0.2, 0.25) is 0 Å². The van der Waals surface area contributed by atoms with E-state index in [2.05, 4.69) is 5.32 Å². The van der Waals surface area contributed by atoms with Crippen molar-refractivity contribution in [3.63, 3.8) is 0 Å². The van der Waals surface area contributed by atoms with Gasteiger partial charge in [0, 0.05) is 5.56 Å². The molecule has 0 fully saturated rings. The van der Waals surface area contributed by atoms with E-state index in [0.717, 1.165) is 27.8 Å². The zero-order valence-corrected chi connectivity index (χ0v) is 13.3. The molecule has 1 N–H and O–H groups in total. The van der Waals surface area contributed by atoms with Crippen LogP contribution in [0.3, 0.4) is 0 Å². The first-order valence-corrected chi connectivity index (χ1v) is 7.90. The fourth-order valence-corrected chi connectivity index (χ4v) is 2.96. The number of hydrogen-bond donors (Lipinski definition) is 1. The smallest absolute Gasteiger partial charge is 0.252 e. The molecule has 4 heteroatoms. The molecular weight excluding hydrogens is 302 g/mol. The Balaban J connectivity index is 1.59. The largest absolute Gasteiger partial charge is 0.454 e. The molecule has 1 amide bonds. The summed E-state index contributed by atoms with van der Waals surface area (Å²) in [5, 5.41) is 5.07. The molecule has 4 nitrogen and oxygen atoms in total. The van der Waals surface area contributed by atoms with Gasteiger partial charge < -0.3 is 14.8 Å². The van der Waals surface area contributed by atoms with Gasteiger partial charge in [0.1, 0.15) is 0 Å². The second kappa shape index (κ2) is 5.89. The summed E-state index contributed by atoms with van der Waals surface area (Å²) < 4.78 is 10.7. The molecule has 0 saturated heterocycles. The van der Waals surface area contributed by atoms with E-state index in [9.17, 15) is 4.79 Å². The van der Waals surface area contributed by atoms with Crippen LogP contribution < -0.4 is 14.8 Å². The standard InChI is InChI=1S/C20H17NO3/c1-13(15-9-10-18-19(11-15)24-12-23-18)21-20(22)17-8-4-6-14-5-2-3-7-16(14)17/h2-11,13H,12H2,1H3,(H,21,22). The molecule has 3 aromatic carbocycles. The number of benzene rings is 3. The Bertz CT molecular complexity index is 914. The zero-order valence-electron chi connectivity index (χ0n) is 13.3. The van der Waals surface area contributed by atoms with Crippen LogP contribution in [0.25, 0.3) is 10.8 Å². The van der Waals surface area contributed by atoms with Crippen molar-refractivity contribution in [3.05, 3.63) is 71.8 Å². The number of fused-ring (bicyclic) bond motifs is 2. The summed E-state index contributed by atoms with van der Waals surface area (Å²) in [6, 6.07) is 19.3. The topological polar surface area (TPSA) is 47.6 Å². The predicted octanol–water partition coefficient (Wildman–Crippen LogP) is 4.06. The van der Waals surface area contributed by atoms with Crippen molar-refractivity contribution in [2.24, 2.45) is 0 Å². The van der Waals surface area contributed by atoms with Crippen molar-refractivity contribution in [3.8, 4) is 11.5 Å². The summed E-state index contributed by atoms with van der Waals surface area (Å²) in [5.41, 5.74) is 1.66. The van der Waals surface area contributed by atoms with Crippen LogP contribution in [0.15, 0.2) is 60.7 Å². The van der Waals surface area contributed by atoms with Crippen molar-refractivity contribution >= 4 is 16.7 Å². The van der Waals surface area contributed by atoms with E-state index in [1.165, 1.54) is 0 Å². The molecule has 1 aliphatic heterocycles. The highest BCUT2D eigenvalue weighted by atomic mass is 16.7. The zero-order chi connectivity index (χ0) is 16.5. The second-order valence-corrected chi connectivity index (χ2v) is 5.83. The minimum absolute atomic E-state index is 0.0861. The maximum Gasteiger partial charge on any atom is 0.252 e. The summed E-state index contributed by atoms with van der Waals surface area (Å²) >= 11 is 0. The molecule has 1 heterocycles. The average molecular weight is 319 g/mol. The molecule has 24 heavy (non-hydrogen) atoms. The molecule has 0 radical (unpaired) electrons. The molecule has 0 aromatic heterocycles. The minimum Gasteiger partial charge on any atom is -0.454 e. The van der Waals surface area contributed by atoms with Gasteiger partial charge in [0.2, 0.25) is 6.79 Å². The molecule has 0 bridgehead atoms. The summed E-state index contributed by atoms with van der Waals surface area (Å²) in [6.45, 7) is 2.20. The van der Waals surface area contributed by atoms with Crippen LogP contribution in [0.5, 0.6) is 11.5 Å². The molecule has 4 rings (SSSR count). The Labute approximate surface area is 140 Å². The van der Waals surface area contributed by atoms with Gasteiger partial charge in [0.25, 0.3) is 5.91 Å². The minimum atomic E-state index is -0.133. The third-order valence-corrected chi connectivity index (χ3v) is 4.28. The number of carbonyl (C=O) groups excluding carboxylic acids is 1. The van der Waals surface area contributed by atoms with Crippen LogP contribution in [-0.4, -0.2) is 12.7 Å². The lowest BCUT2D eigenvalue weighted by Gasteiger charge is -2.16. The molecule has 0 aliphatic carbocycles. The van der Waals surface area contributed by atoms with Crippen LogP contribution in [-0.2, 0) is 0 Å².